The molecule has 1 aromatic carbocycles. The lowest BCUT2D eigenvalue weighted by molar-refractivity contribution is -0.385. The third-order valence-corrected chi connectivity index (χ3v) is 6.10. The molecule has 0 aliphatic carbocycles. The first-order chi connectivity index (χ1) is 16.9. The summed E-state index contributed by atoms with van der Waals surface area (Å²) in [7, 11) is 0. The molecule has 0 saturated carbocycles. The number of aliphatic hydroxyl groups is 1. The summed E-state index contributed by atoms with van der Waals surface area (Å²) in [5, 5.41) is 24.3. The van der Waals surface area contributed by atoms with Crippen molar-refractivity contribution in [3.8, 4) is 0 Å². The van der Waals surface area contributed by atoms with Gasteiger partial charge in [0, 0.05) is 18.6 Å². The van der Waals surface area contributed by atoms with E-state index in [9.17, 15) is 24.8 Å². The number of esters is 1. The molecule has 2 atom stereocenters. The Hall–Kier alpha value is -2.48. The zero-order valence-corrected chi connectivity index (χ0v) is 21.5. The average molecular weight is 493 g/mol. The number of rotatable bonds is 20. The monoisotopic (exact) mass is 492 g/mol. The molecule has 0 radical (unpaired) electrons. The van der Waals surface area contributed by atoms with Gasteiger partial charge in [0.25, 0.3) is 5.69 Å². The predicted molar refractivity (Wildman–Crippen MR) is 137 cm³/mol. The Morgan fingerprint density at radius 1 is 0.943 bits per heavy atom. The molecule has 35 heavy (non-hydrogen) atoms. The van der Waals surface area contributed by atoms with Crippen LogP contribution in [-0.4, -0.2) is 34.6 Å². The number of hydrogen-bond donors (Lipinski definition) is 2. The smallest absolute Gasteiger partial charge is 0.331 e. The normalized spacial score (nSPS) is 12.7. The first kappa shape index (κ1) is 30.6. The average Bonchev–Trinajstić information content (AvgIpc) is 2.85. The van der Waals surface area contributed by atoms with Gasteiger partial charge in [0.2, 0.25) is 5.91 Å². The number of carbonyl (C=O) groups is 2. The fraction of sp³-hybridized carbons (Fsp3) is 0.704. The van der Waals surface area contributed by atoms with Crippen LogP contribution in [0.3, 0.4) is 0 Å². The van der Waals surface area contributed by atoms with Crippen molar-refractivity contribution in [2.45, 2.75) is 116 Å². The van der Waals surface area contributed by atoms with Crippen LogP contribution < -0.4 is 5.32 Å². The summed E-state index contributed by atoms with van der Waals surface area (Å²) < 4.78 is 5.00. The van der Waals surface area contributed by atoms with Crippen LogP contribution in [0.5, 0.6) is 0 Å². The van der Waals surface area contributed by atoms with Gasteiger partial charge in [0.05, 0.1) is 11.5 Å². The summed E-state index contributed by atoms with van der Waals surface area (Å²) in [6, 6.07) is 4.06. The standard InChI is InChI=1S/C27H44N2O6/c1-3-5-6-7-8-9-10-11-12-13-14-15-16-20-24(30)28-25(27(32)35-4-2)26(31)22-18-17-19-23(21-22)29(33)34/h17-19,21,25-26,31H,3-16,20H2,1-2H3,(H,28,30). The Morgan fingerprint density at radius 3 is 2.00 bits per heavy atom. The Morgan fingerprint density at radius 2 is 1.49 bits per heavy atom. The fourth-order valence-corrected chi connectivity index (χ4v) is 4.06. The maximum atomic E-state index is 12.4. The van der Waals surface area contributed by atoms with E-state index in [4.69, 9.17) is 4.74 Å². The highest BCUT2D eigenvalue weighted by molar-refractivity contribution is 5.85. The number of unbranched alkanes of at least 4 members (excludes halogenated alkanes) is 12. The molecule has 1 amide bonds. The van der Waals surface area contributed by atoms with Crippen molar-refractivity contribution >= 4 is 17.6 Å². The molecule has 0 saturated heterocycles. The van der Waals surface area contributed by atoms with Crippen LogP contribution in [-0.2, 0) is 14.3 Å². The molecule has 1 rings (SSSR count). The van der Waals surface area contributed by atoms with Gasteiger partial charge in [-0.25, -0.2) is 4.79 Å². The molecule has 198 valence electrons. The topological polar surface area (TPSA) is 119 Å². The molecule has 8 heteroatoms. The highest BCUT2D eigenvalue weighted by Crippen LogP contribution is 2.23. The van der Waals surface area contributed by atoms with Crippen LogP contribution in [0, 0.1) is 10.1 Å². The number of benzene rings is 1. The highest BCUT2D eigenvalue weighted by Gasteiger charge is 2.31. The van der Waals surface area contributed by atoms with Gasteiger partial charge < -0.3 is 15.2 Å². The van der Waals surface area contributed by atoms with E-state index in [1.165, 1.54) is 82.1 Å². The van der Waals surface area contributed by atoms with E-state index in [-0.39, 0.29) is 30.2 Å². The number of nitro groups is 1. The second-order valence-electron chi connectivity index (χ2n) is 9.09. The van der Waals surface area contributed by atoms with Gasteiger partial charge in [-0.1, -0.05) is 96.1 Å². The first-order valence-electron chi connectivity index (χ1n) is 13.3. The molecule has 0 spiro atoms. The number of ether oxygens (including phenoxy) is 1. The number of amides is 1. The molecule has 0 aromatic heterocycles. The number of nitrogens with one attached hydrogen (secondary N) is 1. The molecule has 0 heterocycles. The largest absolute Gasteiger partial charge is 0.464 e. The quantitative estimate of drug-likeness (QED) is 0.0974. The Kier molecular flexibility index (Phi) is 16.4. The number of non-ortho nitro benzene ring substituents is 1. The van der Waals surface area contributed by atoms with Crippen molar-refractivity contribution in [1.82, 2.24) is 5.32 Å². The van der Waals surface area contributed by atoms with Crippen LogP contribution >= 0.6 is 0 Å². The highest BCUT2D eigenvalue weighted by atomic mass is 16.6. The van der Waals surface area contributed by atoms with Crippen LogP contribution in [0.15, 0.2) is 24.3 Å². The third-order valence-electron chi connectivity index (χ3n) is 6.10. The lowest BCUT2D eigenvalue weighted by Crippen LogP contribution is -2.46. The summed E-state index contributed by atoms with van der Waals surface area (Å²) in [5.74, 6) is -1.12. The van der Waals surface area contributed by atoms with Crippen molar-refractivity contribution in [1.29, 1.82) is 0 Å². The van der Waals surface area contributed by atoms with Gasteiger partial charge in [-0.15, -0.1) is 0 Å². The summed E-state index contributed by atoms with van der Waals surface area (Å²) in [6.45, 7) is 3.95. The zero-order valence-electron chi connectivity index (χ0n) is 21.5. The van der Waals surface area contributed by atoms with E-state index in [1.54, 1.807) is 6.92 Å². The number of carbonyl (C=O) groups excluding carboxylic acids is 2. The van der Waals surface area contributed by atoms with Crippen molar-refractivity contribution in [3.63, 3.8) is 0 Å². The second kappa shape index (κ2) is 18.8. The van der Waals surface area contributed by atoms with E-state index in [1.807, 2.05) is 0 Å². The van der Waals surface area contributed by atoms with E-state index < -0.39 is 23.0 Å². The molecule has 0 bridgehead atoms. The fourth-order valence-electron chi connectivity index (χ4n) is 4.06. The Bertz CT molecular complexity index is 755. The number of hydrogen-bond acceptors (Lipinski definition) is 6. The minimum Gasteiger partial charge on any atom is -0.464 e. The van der Waals surface area contributed by atoms with E-state index in [0.29, 0.717) is 6.42 Å². The maximum Gasteiger partial charge on any atom is 0.331 e. The lowest BCUT2D eigenvalue weighted by atomic mass is 10.0. The van der Waals surface area contributed by atoms with Crippen molar-refractivity contribution < 1.29 is 24.4 Å². The molecule has 8 nitrogen and oxygen atoms in total. The summed E-state index contributed by atoms with van der Waals surface area (Å²) in [4.78, 5) is 35.3. The molecule has 1 aromatic rings. The van der Waals surface area contributed by atoms with E-state index in [2.05, 4.69) is 12.2 Å². The van der Waals surface area contributed by atoms with Crippen LogP contribution in [0.1, 0.15) is 115 Å². The van der Waals surface area contributed by atoms with E-state index >= 15 is 0 Å². The molecule has 0 aliphatic heterocycles. The van der Waals surface area contributed by atoms with Gasteiger partial charge >= 0.3 is 5.97 Å². The molecular formula is C27H44N2O6. The lowest BCUT2D eigenvalue weighted by Gasteiger charge is -2.22. The number of nitrogens with zero attached hydrogens (tertiary/aromatic N) is 1. The SMILES string of the molecule is CCCCCCCCCCCCCCCC(=O)NC(C(=O)OCC)C(O)c1cccc([N+](=O)[O-])c1. The number of nitro benzene ring substituents is 1. The summed E-state index contributed by atoms with van der Waals surface area (Å²) in [6.07, 6.45) is 14.5. The Labute approximate surface area is 210 Å². The third kappa shape index (κ3) is 13.3. The van der Waals surface area contributed by atoms with Gasteiger partial charge in [-0.05, 0) is 18.9 Å². The molecule has 0 fully saturated rings. The molecular weight excluding hydrogens is 448 g/mol. The predicted octanol–water partition coefficient (Wildman–Crippen LogP) is 6.16. The molecule has 0 aliphatic rings. The molecule has 2 N–H and O–H groups in total. The van der Waals surface area contributed by atoms with Crippen molar-refractivity contribution in [3.05, 3.63) is 39.9 Å². The summed E-state index contributed by atoms with van der Waals surface area (Å²) in [5.41, 5.74) is -0.0408. The van der Waals surface area contributed by atoms with Gasteiger partial charge in [0.1, 0.15) is 6.10 Å². The van der Waals surface area contributed by atoms with Crippen molar-refractivity contribution in [2.24, 2.45) is 0 Å². The van der Waals surface area contributed by atoms with Crippen LogP contribution in [0.2, 0.25) is 0 Å². The summed E-state index contributed by atoms with van der Waals surface area (Å²) >= 11 is 0. The minimum absolute atomic E-state index is 0.0890. The maximum absolute atomic E-state index is 12.4. The first-order valence-corrected chi connectivity index (χ1v) is 13.3. The van der Waals surface area contributed by atoms with Gasteiger partial charge in [-0.2, -0.15) is 0 Å². The second-order valence-corrected chi connectivity index (χ2v) is 9.09. The molecule has 2 unspecified atom stereocenters. The Balaban J connectivity index is 2.35. The van der Waals surface area contributed by atoms with Gasteiger partial charge in [-0.3, -0.25) is 14.9 Å². The van der Waals surface area contributed by atoms with Crippen molar-refractivity contribution in [2.75, 3.05) is 6.61 Å². The van der Waals surface area contributed by atoms with Crippen LogP contribution in [0.4, 0.5) is 5.69 Å². The van der Waals surface area contributed by atoms with Crippen LogP contribution in [0.25, 0.3) is 0 Å². The minimum atomic E-state index is -1.45. The van der Waals surface area contributed by atoms with Gasteiger partial charge in [0.15, 0.2) is 6.04 Å². The zero-order chi connectivity index (χ0) is 25.9. The number of aliphatic hydroxyl groups excluding tert-OH is 1. The van der Waals surface area contributed by atoms with E-state index in [0.717, 1.165) is 19.3 Å².